The van der Waals surface area contributed by atoms with Crippen molar-refractivity contribution in [1.29, 1.82) is 0 Å². The second kappa shape index (κ2) is 9.90. The Morgan fingerprint density at radius 2 is 1.54 bits per heavy atom. The highest BCUT2D eigenvalue weighted by Gasteiger charge is 2.22. The quantitative estimate of drug-likeness (QED) is 0.448. The first-order chi connectivity index (χ1) is 12.8. The summed E-state index contributed by atoms with van der Waals surface area (Å²) in [7, 11) is 0. The maximum absolute atomic E-state index is 4.83. The monoisotopic (exact) mass is 349 g/mol. The Hall–Kier alpha value is -1.63. The molecule has 1 aliphatic rings. The number of nitrogens with zero attached hydrogens (tertiary/aromatic N) is 1. The number of rotatable bonds is 8. The molecule has 0 aliphatic heterocycles. The number of hydrogen-bond donors (Lipinski definition) is 0. The largest absolute Gasteiger partial charge is 0.260 e. The van der Waals surface area contributed by atoms with Gasteiger partial charge < -0.3 is 0 Å². The fraction of sp³-hybridized carbons (Fsp3) is 0.560. The van der Waals surface area contributed by atoms with Gasteiger partial charge in [-0.2, -0.15) is 0 Å². The minimum absolute atomic E-state index is 0.679. The molecule has 1 aromatic heterocycles. The number of hydrogen-bond acceptors (Lipinski definition) is 1. The van der Waals surface area contributed by atoms with Crippen molar-refractivity contribution in [3.8, 4) is 11.1 Å². The summed E-state index contributed by atoms with van der Waals surface area (Å²) in [6.45, 7) is 4.50. The lowest BCUT2D eigenvalue weighted by Crippen LogP contribution is -2.14. The van der Waals surface area contributed by atoms with Gasteiger partial charge in [-0.15, -0.1) is 0 Å². The molecule has 1 saturated carbocycles. The number of benzene rings is 1. The van der Waals surface area contributed by atoms with E-state index in [4.69, 9.17) is 4.98 Å². The van der Waals surface area contributed by atoms with Gasteiger partial charge in [-0.1, -0.05) is 76.3 Å². The van der Waals surface area contributed by atoms with Gasteiger partial charge in [0.15, 0.2) is 0 Å². The fourth-order valence-electron chi connectivity index (χ4n) is 4.36. The van der Waals surface area contributed by atoms with Gasteiger partial charge in [0.25, 0.3) is 0 Å². The first-order valence-corrected chi connectivity index (χ1v) is 10.9. The van der Waals surface area contributed by atoms with Crippen LogP contribution in [0, 0.1) is 5.92 Å². The summed E-state index contributed by atoms with van der Waals surface area (Å²) in [6, 6.07) is 13.4. The fourth-order valence-corrected chi connectivity index (χ4v) is 4.36. The Morgan fingerprint density at radius 3 is 2.15 bits per heavy atom. The minimum Gasteiger partial charge on any atom is -0.260 e. The zero-order chi connectivity index (χ0) is 18.2. The van der Waals surface area contributed by atoms with Crippen LogP contribution in [0.3, 0.4) is 0 Å². The molecular formula is C25H35N. The molecule has 2 aromatic rings. The van der Waals surface area contributed by atoms with E-state index in [1.165, 1.54) is 80.2 Å². The van der Waals surface area contributed by atoms with Crippen molar-refractivity contribution in [2.45, 2.75) is 84.0 Å². The van der Waals surface area contributed by atoms with Gasteiger partial charge >= 0.3 is 0 Å². The smallest absolute Gasteiger partial charge is 0.0434 e. The summed E-state index contributed by atoms with van der Waals surface area (Å²) in [5.41, 5.74) is 5.21. The van der Waals surface area contributed by atoms with Gasteiger partial charge in [-0.05, 0) is 55.2 Å². The van der Waals surface area contributed by atoms with E-state index < -0.39 is 0 Å². The van der Waals surface area contributed by atoms with Crippen LogP contribution in [0.4, 0.5) is 0 Å². The van der Waals surface area contributed by atoms with E-state index in [2.05, 4.69) is 56.4 Å². The molecule has 140 valence electrons. The van der Waals surface area contributed by atoms with Crippen LogP contribution in [0.25, 0.3) is 11.1 Å². The summed E-state index contributed by atoms with van der Waals surface area (Å²) < 4.78 is 0. The van der Waals surface area contributed by atoms with Crippen LogP contribution < -0.4 is 0 Å². The third-order valence-corrected chi connectivity index (χ3v) is 6.21. The van der Waals surface area contributed by atoms with E-state index in [0.717, 1.165) is 12.3 Å². The minimum atomic E-state index is 0.679. The summed E-state index contributed by atoms with van der Waals surface area (Å²) in [6.07, 6.45) is 15.7. The molecule has 0 saturated heterocycles. The topological polar surface area (TPSA) is 12.9 Å². The van der Waals surface area contributed by atoms with Gasteiger partial charge in [-0.3, -0.25) is 4.98 Å². The van der Waals surface area contributed by atoms with Gasteiger partial charge in [0.05, 0.1) is 0 Å². The molecule has 1 heterocycles. The maximum atomic E-state index is 4.83. The van der Waals surface area contributed by atoms with E-state index in [9.17, 15) is 0 Å². The summed E-state index contributed by atoms with van der Waals surface area (Å²) in [4.78, 5) is 4.83. The van der Waals surface area contributed by atoms with Crippen molar-refractivity contribution in [3.63, 3.8) is 0 Å². The van der Waals surface area contributed by atoms with Gasteiger partial charge in [0.1, 0.15) is 0 Å². The van der Waals surface area contributed by atoms with E-state index in [-0.39, 0.29) is 0 Å². The average molecular weight is 350 g/mol. The molecule has 1 nitrogen and oxygen atoms in total. The molecule has 0 spiro atoms. The molecule has 3 rings (SSSR count). The summed E-state index contributed by atoms with van der Waals surface area (Å²) in [5, 5.41) is 0. The van der Waals surface area contributed by atoms with Gasteiger partial charge in [-0.25, -0.2) is 0 Å². The van der Waals surface area contributed by atoms with Crippen LogP contribution in [0.1, 0.15) is 88.8 Å². The average Bonchev–Trinajstić information content (AvgIpc) is 2.72. The molecule has 0 bridgehead atoms. The van der Waals surface area contributed by atoms with Crippen LogP contribution in [0.15, 0.2) is 42.6 Å². The second-order valence-electron chi connectivity index (χ2n) is 8.09. The second-order valence-corrected chi connectivity index (χ2v) is 8.09. The molecule has 1 fully saturated rings. The SMILES string of the molecule is CCCCCCC1CCC(c2ccc(-c3ccc(CC)cc3)cn2)CC1. The molecular weight excluding hydrogens is 314 g/mol. The van der Waals surface area contributed by atoms with Crippen LogP contribution in [-0.2, 0) is 6.42 Å². The third-order valence-electron chi connectivity index (χ3n) is 6.21. The third kappa shape index (κ3) is 5.19. The van der Waals surface area contributed by atoms with Crippen LogP contribution in [0.5, 0.6) is 0 Å². The first kappa shape index (κ1) is 19.1. The Bertz CT molecular complexity index is 633. The Balaban J connectivity index is 1.51. The standard InChI is InChI=1S/C25H35N/c1-3-5-6-7-8-21-11-15-23(16-12-21)25-18-17-24(19-26-25)22-13-9-20(4-2)10-14-22/h9-10,13-14,17-19,21,23H,3-8,11-12,15-16H2,1-2H3. The highest BCUT2D eigenvalue weighted by atomic mass is 14.7. The van der Waals surface area contributed by atoms with Crippen LogP contribution >= 0.6 is 0 Å². The van der Waals surface area contributed by atoms with E-state index in [0.29, 0.717) is 5.92 Å². The van der Waals surface area contributed by atoms with Crippen molar-refractivity contribution >= 4 is 0 Å². The molecule has 1 heteroatoms. The highest BCUT2D eigenvalue weighted by molar-refractivity contribution is 5.62. The van der Waals surface area contributed by atoms with E-state index in [1.54, 1.807) is 0 Å². The zero-order valence-electron chi connectivity index (χ0n) is 16.7. The number of aryl methyl sites for hydroxylation is 1. The number of pyridine rings is 1. The summed E-state index contributed by atoms with van der Waals surface area (Å²) in [5.74, 6) is 1.65. The molecule has 0 N–H and O–H groups in total. The van der Waals surface area contributed by atoms with Crippen LogP contribution in [-0.4, -0.2) is 4.98 Å². The maximum Gasteiger partial charge on any atom is 0.0434 e. The normalized spacial score (nSPS) is 20.2. The van der Waals surface area contributed by atoms with Crippen LogP contribution in [0.2, 0.25) is 0 Å². The lowest BCUT2D eigenvalue weighted by atomic mass is 9.78. The molecule has 0 amide bonds. The molecule has 0 atom stereocenters. The van der Waals surface area contributed by atoms with Gasteiger partial charge in [0.2, 0.25) is 0 Å². The predicted molar refractivity (Wildman–Crippen MR) is 113 cm³/mol. The lowest BCUT2D eigenvalue weighted by molar-refractivity contribution is 0.299. The van der Waals surface area contributed by atoms with Crippen molar-refractivity contribution < 1.29 is 0 Å². The van der Waals surface area contributed by atoms with Crippen molar-refractivity contribution in [2.75, 3.05) is 0 Å². The predicted octanol–water partition coefficient (Wildman–Crippen LogP) is 7.56. The Kier molecular flexibility index (Phi) is 7.29. The Morgan fingerprint density at radius 1 is 0.808 bits per heavy atom. The molecule has 0 unspecified atom stereocenters. The first-order valence-electron chi connectivity index (χ1n) is 10.9. The van der Waals surface area contributed by atoms with Crippen molar-refractivity contribution in [1.82, 2.24) is 4.98 Å². The summed E-state index contributed by atoms with van der Waals surface area (Å²) >= 11 is 0. The molecule has 26 heavy (non-hydrogen) atoms. The zero-order valence-corrected chi connectivity index (χ0v) is 16.7. The van der Waals surface area contributed by atoms with Crippen molar-refractivity contribution in [2.24, 2.45) is 5.92 Å². The van der Waals surface area contributed by atoms with Crippen molar-refractivity contribution in [3.05, 3.63) is 53.9 Å². The highest BCUT2D eigenvalue weighted by Crippen LogP contribution is 2.37. The molecule has 1 aromatic carbocycles. The lowest BCUT2D eigenvalue weighted by Gasteiger charge is -2.28. The Labute approximate surface area is 160 Å². The molecule has 1 aliphatic carbocycles. The number of unbranched alkanes of at least 4 members (excludes halogenated alkanes) is 3. The number of aromatic nitrogens is 1. The van der Waals surface area contributed by atoms with E-state index in [1.807, 2.05) is 0 Å². The van der Waals surface area contributed by atoms with Gasteiger partial charge in [0, 0.05) is 23.4 Å². The molecule has 0 radical (unpaired) electrons. The van der Waals surface area contributed by atoms with E-state index >= 15 is 0 Å².